The van der Waals surface area contributed by atoms with E-state index >= 15 is 0 Å². The Morgan fingerprint density at radius 3 is 1.80 bits per heavy atom. The summed E-state index contributed by atoms with van der Waals surface area (Å²) in [5, 5.41) is 0. The summed E-state index contributed by atoms with van der Waals surface area (Å²) in [6.07, 6.45) is 37.1. The minimum Gasteiger partial charge on any atom is -0.461 e. The number of esters is 1. The Labute approximate surface area is 251 Å². The second-order valence-electron chi connectivity index (χ2n) is 13.1. The summed E-state index contributed by atoms with van der Waals surface area (Å²) >= 11 is 0. The van der Waals surface area contributed by atoms with Crippen molar-refractivity contribution in [3.63, 3.8) is 0 Å². The zero-order chi connectivity index (χ0) is 29.7. The average Bonchev–Trinajstić information content (AvgIpc) is 2.90. The summed E-state index contributed by atoms with van der Waals surface area (Å²) in [6.45, 7) is 14.4. The predicted octanol–water partition coefficient (Wildman–Crippen LogP) is 12.7. The van der Waals surface area contributed by atoms with Gasteiger partial charge in [-0.1, -0.05) is 142 Å². The highest BCUT2D eigenvalue weighted by Crippen LogP contribution is 2.22. The van der Waals surface area contributed by atoms with Crippen molar-refractivity contribution >= 4 is 5.97 Å². The summed E-state index contributed by atoms with van der Waals surface area (Å²) in [4.78, 5) is 12.0. The van der Waals surface area contributed by atoms with Crippen molar-refractivity contribution < 1.29 is 9.53 Å². The molecule has 0 heterocycles. The van der Waals surface area contributed by atoms with Crippen LogP contribution >= 0.6 is 0 Å². The second kappa shape index (κ2) is 29.2. The van der Waals surface area contributed by atoms with Gasteiger partial charge in [0, 0.05) is 6.42 Å². The molecule has 2 atom stereocenters. The average molecular weight is 559 g/mol. The molecular weight excluding hydrogens is 488 g/mol. The van der Waals surface area contributed by atoms with Crippen molar-refractivity contribution in [3.05, 3.63) is 36.0 Å². The van der Waals surface area contributed by atoms with Crippen LogP contribution < -0.4 is 0 Å². The van der Waals surface area contributed by atoms with E-state index in [1.807, 2.05) is 0 Å². The smallest absolute Gasteiger partial charge is 0.306 e. The quantitative estimate of drug-likeness (QED) is 0.0542. The molecule has 0 aliphatic rings. The summed E-state index contributed by atoms with van der Waals surface area (Å²) in [6, 6.07) is 0. The van der Waals surface area contributed by atoms with Gasteiger partial charge in [0.25, 0.3) is 0 Å². The monoisotopic (exact) mass is 559 g/mol. The summed E-state index contributed by atoms with van der Waals surface area (Å²) in [5.74, 6) is 2.51. The van der Waals surface area contributed by atoms with Crippen LogP contribution in [0.25, 0.3) is 0 Å². The third kappa shape index (κ3) is 29.7. The Morgan fingerprint density at radius 1 is 0.625 bits per heavy atom. The molecule has 2 unspecified atom stereocenters. The number of carbonyl (C=O) groups excluding carboxylic acids is 1. The first-order valence-corrected chi connectivity index (χ1v) is 17.5. The zero-order valence-corrected chi connectivity index (χ0v) is 28.0. The van der Waals surface area contributed by atoms with Crippen molar-refractivity contribution in [2.45, 2.75) is 176 Å². The predicted molar refractivity (Wildman–Crippen MR) is 179 cm³/mol. The van der Waals surface area contributed by atoms with Gasteiger partial charge in [0.2, 0.25) is 0 Å². The zero-order valence-electron chi connectivity index (χ0n) is 28.0. The van der Waals surface area contributed by atoms with E-state index in [9.17, 15) is 4.79 Å². The molecule has 0 aromatic carbocycles. The van der Waals surface area contributed by atoms with Crippen molar-refractivity contribution in [2.75, 3.05) is 6.61 Å². The number of allylic oxidation sites excluding steroid dienone is 5. The molecule has 0 fully saturated rings. The van der Waals surface area contributed by atoms with Gasteiger partial charge in [-0.25, -0.2) is 0 Å². The maximum atomic E-state index is 12.0. The molecule has 0 aromatic heterocycles. The van der Waals surface area contributed by atoms with Crippen LogP contribution in [0.1, 0.15) is 176 Å². The molecule has 0 rings (SSSR count). The number of hydrogen-bond donors (Lipinski definition) is 0. The van der Waals surface area contributed by atoms with Crippen LogP contribution in [0.4, 0.5) is 0 Å². The van der Waals surface area contributed by atoms with E-state index in [-0.39, 0.29) is 5.97 Å². The van der Waals surface area contributed by atoms with Gasteiger partial charge in [0.05, 0.1) is 0 Å². The molecule has 0 spiro atoms. The van der Waals surface area contributed by atoms with Gasteiger partial charge < -0.3 is 4.74 Å². The van der Waals surface area contributed by atoms with E-state index in [0.29, 0.717) is 13.0 Å². The Hall–Kier alpha value is -1.31. The lowest BCUT2D eigenvalue weighted by atomic mass is 9.91. The molecule has 40 heavy (non-hydrogen) atoms. The number of rotatable bonds is 28. The van der Waals surface area contributed by atoms with E-state index in [1.54, 1.807) is 0 Å². The van der Waals surface area contributed by atoms with Crippen LogP contribution in [0.2, 0.25) is 0 Å². The first-order valence-electron chi connectivity index (χ1n) is 17.5. The van der Waals surface area contributed by atoms with E-state index in [0.717, 1.165) is 43.4 Å². The maximum Gasteiger partial charge on any atom is 0.306 e. The molecule has 0 saturated heterocycles. The molecule has 0 aliphatic heterocycles. The Bertz CT molecular complexity index is 642. The Kier molecular flexibility index (Phi) is 28.2. The third-order valence-electron chi connectivity index (χ3n) is 8.15. The van der Waals surface area contributed by atoms with E-state index in [4.69, 9.17) is 4.74 Å². The summed E-state index contributed by atoms with van der Waals surface area (Å²) in [7, 11) is 0. The van der Waals surface area contributed by atoms with Crippen LogP contribution in [0.5, 0.6) is 0 Å². The molecule has 0 saturated carbocycles. The van der Waals surface area contributed by atoms with Crippen LogP contribution in [-0.4, -0.2) is 12.6 Å². The minimum atomic E-state index is -0.0400. The lowest BCUT2D eigenvalue weighted by Gasteiger charge is -2.15. The largest absolute Gasteiger partial charge is 0.461 e. The second-order valence-corrected chi connectivity index (χ2v) is 13.1. The summed E-state index contributed by atoms with van der Waals surface area (Å²) in [5.41, 5.74) is 1.36. The molecule has 0 aromatic rings. The van der Waals surface area contributed by atoms with Gasteiger partial charge in [-0.3, -0.25) is 4.79 Å². The van der Waals surface area contributed by atoms with Gasteiger partial charge in [-0.15, -0.1) is 0 Å². The SMILES string of the molecule is CCCCC/C=C\C/C=C\CCCCCCCC(=O)OC/C=C(\C)CCCC(C)CCCC(C)CCCC(C)C. The van der Waals surface area contributed by atoms with Crippen molar-refractivity contribution in [3.8, 4) is 0 Å². The van der Waals surface area contributed by atoms with Crippen LogP contribution in [0, 0.1) is 17.8 Å². The van der Waals surface area contributed by atoms with Gasteiger partial charge >= 0.3 is 5.97 Å². The van der Waals surface area contributed by atoms with Crippen LogP contribution in [-0.2, 0) is 9.53 Å². The lowest BCUT2D eigenvalue weighted by molar-refractivity contribution is -0.142. The van der Waals surface area contributed by atoms with Gasteiger partial charge in [-0.2, -0.15) is 0 Å². The highest BCUT2D eigenvalue weighted by Gasteiger charge is 2.07. The molecule has 0 N–H and O–H groups in total. The standard InChI is InChI=1S/C38H70O2/c1-7-8-9-10-11-12-13-14-15-16-17-18-19-20-21-31-38(39)40-33-32-37(6)30-24-29-36(5)28-23-27-35(4)26-22-25-34(2)3/h11-12,14-15,32,34-36H,7-10,13,16-31,33H2,1-6H3/b12-11-,15-14-,37-32+. The minimum absolute atomic E-state index is 0.0400. The molecule has 0 bridgehead atoms. The Morgan fingerprint density at radius 2 is 1.18 bits per heavy atom. The molecule has 0 aliphatic carbocycles. The number of hydrogen-bond acceptors (Lipinski definition) is 2. The molecule has 2 nitrogen and oxygen atoms in total. The Balaban J connectivity index is 3.61. The molecular formula is C38H70O2. The van der Waals surface area contributed by atoms with E-state index in [1.165, 1.54) is 108 Å². The molecule has 234 valence electrons. The highest BCUT2D eigenvalue weighted by molar-refractivity contribution is 5.69. The van der Waals surface area contributed by atoms with Gasteiger partial charge in [0.15, 0.2) is 0 Å². The molecule has 2 heteroatoms. The topological polar surface area (TPSA) is 26.3 Å². The fourth-order valence-corrected chi connectivity index (χ4v) is 5.24. The highest BCUT2D eigenvalue weighted by atomic mass is 16.5. The normalized spacial score (nSPS) is 14.0. The van der Waals surface area contributed by atoms with Crippen molar-refractivity contribution in [1.29, 1.82) is 0 Å². The van der Waals surface area contributed by atoms with Crippen molar-refractivity contribution in [1.82, 2.24) is 0 Å². The maximum absolute atomic E-state index is 12.0. The number of carbonyl (C=O) groups is 1. The van der Waals surface area contributed by atoms with Gasteiger partial charge in [0.1, 0.15) is 6.61 Å². The van der Waals surface area contributed by atoms with Gasteiger partial charge in [-0.05, 0) is 82.1 Å². The summed E-state index contributed by atoms with van der Waals surface area (Å²) < 4.78 is 5.45. The first kappa shape index (κ1) is 38.7. The van der Waals surface area contributed by atoms with E-state index in [2.05, 4.69) is 71.9 Å². The van der Waals surface area contributed by atoms with E-state index < -0.39 is 0 Å². The fourth-order valence-electron chi connectivity index (χ4n) is 5.24. The fraction of sp³-hybridized carbons (Fsp3) is 0.816. The van der Waals surface area contributed by atoms with Crippen LogP contribution in [0.15, 0.2) is 36.0 Å². The molecule has 0 radical (unpaired) electrons. The number of unbranched alkanes of at least 4 members (excludes halogenated alkanes) is 8. The lowest BCUT2D eigenvalue weighted by Crippen LogP contribution is -2.04. The third-order valence-corrected chi connectivity index (χ3v) is 8.15. The van der Waals surface area contributed by atoms with Crippen molar-refractivity contribution in [2.24, 2.45) is 17.8 Å². The number of ether oxygens (including phenoxy) is 1. The van der Waals surface area contributed by atoms with Crippen LogP contribution in [0.3, 0.4) is 0 Å². The molecule has 0 amide bonds. The first-order chi connectivity index (χ1) is 19.3.